The Morgan fingerprint density at radius 3 is 1.14 bits per heavy atom. The molecule has 406 valence electrons. The predicted molar refractivity (Wildman–Crippen MR) is 244 cm³/mol. The fourth-order valence-corrected chi connectivity index (χ4v) is 9.66. The highest BCUT2D eigenvalue weighted by molar-refractivity contribution is 7.90. The molecule has 12 nitrogen and oxygen atoms in total. The molecule has 0 saturated heterocycles. The van der Waals surface area contributed by atoms with Crippen molar-refractivity contribution >= 4 is 44.9 Å². The van der Waals surface area contributed by atoms with Gasteiger partial charge >= 0.3 is 44.0 Å². The lowest BCUT2D eigenvalue weighted by Crippen LogP contribution is -2.29. The first-order valence-corrected chi connectivity index (χ1v) is 26.4. The summed E-state index contributed by atoms with van der Waals surface area (Å²) in [4.78, 5) is 6.52. The zero-order valence-electron chi connectivity index (χ0n) is 38.4. The second kappa shape index (κ2) is 25.0. The summed E-state index contributed by atoms with van der Waals surface area (Å²) in [6.45, 7) is 4.11. The second-order valence-corrected chi connectivity index (χ2v) is 20.4. The molecule has 1 aliphatic carbocycles. The summed E-state index contributed by atoms with van der Waals surface area (Å²) in [5, 5.41) is 0. The molecule has 0 bridgehead atoms. The van der Waals surface area contributed by atoms with Gasteiger partial charge in [-0.1, -0.05) is 115 Å². The molecule has 0 N–H and O–H groups in total. The van der Waals surface area contributed by atoms with Gasteiger partial charge in [0.1, 0.15) is 23.0 Å². The van der Waals surface area contributed by atoms with Crippen molar-refractivity contribution in [2.75, 3.05) is 0 Å². The molecular weight excluding hydrogens is 1090 g/mol. The van der Waals surface area contributed by atoms with Crippen LogP contribution in [0.4, 0.5) is 52.7 Å². The summed E-state index contributed by atoms with van der Waals surface area (Å²) in [7, 11) is -12.9. The number of fused-ring (bicyclic) bond motifs is 3. The highest BCUT2D eigenvalue weighted by atomic mass is 32.2. The van der Waals surface area contributed by atoms with Crippen LogP contribution in [-0.4, -0.2) is 40.6 Å². The summed E-state index contributed by atoms with van der Waals surface area (Å²) in [6, 6.07) is 15.4. The molecule has 4 aromatic rings. The molecule has 28 heteroatoms. The highest BCUT2D eigenvalue weighted by Gasteiger charge is 2.50. The van der Waals surface area contributed by atoms with Crippen molar-refractivity contribution in [2.24, 2.45) is 0 Å². The van der Waals surface area contributed by atoms with Crippen molar-refractivity contribution in [3.63, 3.8) is 0 Å². The van der Waals surface area contributed by atoms with E-state index in [0.717, 1.165) is 88.0 Å². The van der Waals surface area contributed by atoms with Gasteiger partial charge in [0.2, 0.25) is 0 Å². The zero-order valence-corrected chi connectivity index (χ0v) is 41.7. The first-order valence-electron chi connectivity index (χ1n) is 22.2. The number of halogens is 12. The van der Waals surface area contributed by atoms with E-state index < -0.39 is 60.9 Å². The maximum absolute atomic E-state index is 13.5. The largest absolute Gasteiger partial charge is 0.550 e. The Morgan fingerprint density at radius 1 is 0.438 bits per heavy atom. The van der Waals surface area contributed by atoms with Crippen molar-refractivity contribution in [3.8, 4) is 56.4 Å². The van der Waals surface area contributed by atoms with Gasteiger partial charge in [0.25, 0.3) is 24.6 Å². The van der Waals surface area contributed by atoms with E-state index in [4.69, 9.17) is 8.37 Å². The molecule has 0 unspecified atom stereocenters. The van der Waals surface area contributed by atoms with Crippen LogP contribution in [0.3, 0.4) is 0 Å². The fourth-order valence-electron chi connectivity index (χ4n) is 8.16. The molecule has 73 heavy (non-hydrogen) atoms. The summed E-state index contributed by atoms with van der Waals surface area (Å²) in [5.74, 6) is -2.96. The summed E-state index contributed by atoms with van der Waals surface area (Å²) in [5.41, 5.74) is -9.82. The molecule has 0 atom stereocenters. The van der Waals surface area contributed by atoms with Gasteiger partial charge in [-0.3, -0.25) is 0 Å². The van der Waals surface area contributed by atoms with Crippen molar-refractivity contribution in [3.05, 3.63) is 83.9 Å². The van der Waals surface area contributed by atoms with E-state index >= 15 is 0 Å². The summed E-state index contributed by atoms with van der Waals surface area (Å²) in [6.07, 6.45) is 0.918. The Balaban J connectivity index is 1.69. The Morgan fingerprint density at radius 2 is 0.781 bits per heavy atom. The first-order chi connectivity index (χ1) is 34.1. The number of unbranched alkanes of at least 4 members (excludes halogenated alkanes) is 10. The minimum atomic E-state index is -6.45. The van der Waals surface area contributed by atoms with E-state index in [1.807, 2.05) is 6.07 Å². The molecule has 0 aromatic heterocycles. The smallest absolute Gasteiger partial charge is 0.399 e. The van der Waals surface area contributed by atoms with Crippen LogP contribution in [0.1, 0.15) is 115 Å². The molecule has 1 aliphatic rings. The maximum atomic E-state index is 13.5. The average Bonchev–Trinajstić information content (AvgIpc) is 3.55. The first kappa shape index (κ1) is 59.6. The lowest BCUT2D eigenvalue weighted by Gasteiger charge is -2.33. The number of benzene rings is 4. The molecule has 0 heterocycles. The highest BCUT2D eigenvalue weighted by Crippen LogP contribution is 2.56. The van der Waals surface area contributed by atoms with Gasteiger partial charge in [-0.25, -0.2) is 0 Å². The van der Waals surface area contributed by atoms with Gasteiger partial charge in [0, 0.05) is 17.5 Å². The van der Waals surface area contributed by atoms with Crippen LogP contribution >= 0.6 is 24.6 Å². The van der Waals surface area contributed by atoms with E-state index in [1.54, 1.807) is 24.3 Å². The Kier molecular flexibility index (Phi) is 20.4. The minimum absolute atomic E-state index is 0.0706. The van der Waals surface area contributed by atoms with Crippen LogP contribution in [-0.2, 0) is 44.1 Å². The Bertz CT molecular complexity index is 2580. The Hall–Kier alpha value is -4.32. The number of alkyl halides is 12. The van der Waals surface area contributed by atoms with Crippen LogP contribution in [0, 0.1) is 0 Å². The molecule has 0 fully saturated rings. The van der Waals surface area contributed by atoms with Crippen molar-refractivity contribution in [1.29, 1.82) is 0 Å². The molecular formula is C45H46F12O12S4. The van der Waals surface area contributed by atoms with Crippen LogP contribution in [0.2, 0.25) is 0 Å². The third-order valence-corrected chi connectivity index (χ3v) is 14.0. The third-order valence-electron chi connectivity index (χ3n) is 11.3. The summed E-state index contributed by atoms with van der Waals surface area (Å²) >= 11 is -0.511. The minimum Gasteiger partial charge on any atom is -0.399 e. The molecule has 0 radical (unpaired) electrons. The predicted octanol–water partition coefficient (Wildman–Crippen LogP) is 16.1. The van der Waals surface area contributed by atoms with Gasteiger partial charge in [-0.05, 0) is 93.7 Å². The molecule has 0 amide bonds. The van der Waals surface area contributed by atoms with Crippen LogP contribution in [0.15, 0.2) is 72.8 Å². The normalized spacial score (nSPS) is 13.9. The van der Waals surface area contributed by atoms with Gasteiger partial charge in [-0.2, -0.15) is 43.2 Å². The van der Waals surface area contributed by atoms with Crippen molar-refractivity contribution < 1.29 is 105 Å². The van der Waals surface area contributed by atoms with Gasteiger partial charge in [0.05, 0.1) is 0 Å². The van der Waals surface area contributed by atoms with Gasteiger partial charge in [0.15, 0.2) is 0 Å². The van der Waals surface area contributed by atoms with E-state index in [9.17, 15) is 69.5 Å². The monoisotopic (exact) mass is 1130 g/mol. The van der Waals surface area contributed by atoms with Crippen molar-refractivity contribution in [1.82, 2.24) is 0 Å². The third kappa shape index (κ3) is 16.8. The topological polar surface area (TPSA) is 142 Å². The SMILES string of the molecule is CCCCCCCCC1(CCCCCCCC)c2cc(-c3cc(OSOOC(F)(F)F)cc(OSOOC(F)(F)F)c3)ccc2-c2ccc(-c3cc(OS(=O)(=O)C(F)(F)F)cc(OS(=O)(=O)C(F)(F)F)c3)cc21. The summed E-state index contributed by atoms with van der Waals surface area (Å²) < 4.78 is 232. The average molecular weight is 1140 g/mol. The molecule has 0 spiro atoms. The van der Waals surface area contributed by atoms with Gasteiger partial charge < -0.3 is 16.7 Å². The van der Waals surface area contributed by atoms with E-state index in [0.29, 0.717) is 47.9 Å². The second-order valence-electron chi connectivity index (χ2n) is 16.5. The van der Waals surface area contributed by atoms with Crippen LogP contribution in [0.25, 0.3) is 33.4 Å². The molecule has 0 aliphatic heterocycles. The quantitative estimate of drug-likeness (QED) is 0.0101. The molecule has 5 rings (SSSR count). The van der Waals surface area contributed by atoms with Crippen molar-refractivity contribution in [2.45, 2.75) is 133 Å². The number of hydrogen-bond donors (Lipinski definition) is 0. The number of hydrogen-bond acceptors (Lipinski definition) is 14. The van der Waals surface area contributed by atoms with E-state index in [1.165, 1.54) is 18.2 Å². The Labute approximate surface area is 421 Å². The lowest BCUT2D eigenvalue weighted by atomic mass is 9.70. The fraction of sp³-hybridized carbons (Fsp3) is 0.467. The number of rotatable bonds is 28. The van der Waals surface area contributed by atoms with Crippen LogP contribution in [0.5, 0.6) is 23.0 Å². The van der Waals surface area contributed by atoms with E-state index in [2.05, 4.69) is 40.7 Å². The maximum Gasteiger partial charge on any atom is 0.550 e. The lowest BCUT2D eigenvalue weighted by molar-refractivity contribution is -0.441. The van der Waals surface area contributed by atoms with Crippen LogP contribution < -0.4 is 16.7 Å². The molecule has 4 aromatic carbocycles. The molecule has 0 saturated carbocycles. The van der Waals surface area contributed by atoms with E-state index in [-0.39, 0.29) is 58.9 Å². The zero-order chi connectivity index (χ0) is 53.9. The van der Waals surface area contributed by atoms with Gasteiger partial charge in [-0.15, -0.1) is 44.8 Å². The standard InChI is InChI=1S/C45H46F12O12S4/c1-3-5-7-9-11-13-19-41(20-14-12-10-8-6-4-2)39-25-29(31-21-33(62-70-68-66-42(46,47)48)27-34(22-31)63-71-69-67-43(49,50)51)15-17-37(39)38-18-16-30(26-40(38)41)32-23-35(64-72(58,59)44(52,53)54)28-36(24-32)65-73(60,61)45(55,56)57/h15-18,21-28H,3-14,19-20H2,1-2H3.